The van der Waals surface area contributed by atoms with Crippen molar-refractivity contribution < 1.29 is 0 Å². The fourth-order valence-electron chi connectivity index (χ4n) is 12.2. The third-order valence-corrected chi connectivity index (χ3v) is 16.3. The fraction of sp³-hybridized carbons (Fsp3) is 0.0141. The number of hydrogen-bond acceptors (Lipinski definition) is 2. The number of fused-ring (bicyclic) bond motifs is 7. The molecule has 0 N–H and O–H groups in total. The van der Waals surface area contributed by atoms with Crippen molar-refractivity contribution in [3.63, 3.8) is 0 Å². The van der Waals surface area contributed by atoms with E-state index in [9.17, 15) is 0 Å². The van der Waals surface area contributed by atoms with Gasteiger partial charge in [0.05, 0.1) is 16.8 Å². The summed E-state index contributed by atoms with van der Waals surface area (Å²) in [5, 5.41) is 5.03. The van der Waals surface area contributed by atoms with Crippen molar-refractivity contribution >= 4 is 59.3 Å². The van der Waals surface area contributed by atoms with Crippen LogP contribution in [0, 0.1) is 0 Å². The molecule has 1 aromatic heterocycles. The summed E-state index contributed by atoms with van der Waals surface area (Å²) in [6.07, 6.45) is 0. The lowest BCUT2D eigenvalue weighted by Crippen LogP contribution is -2.28. The minimum atomic E-state index is -0.530. The van der Waals surface area contributed by atoms with Crippen LogP contribution in [0.15, 0.2) is 285 Å². The third-order valence-electron chi connectivity index (χ3n) is 15.2. The third kappa shape index (κ3) is 6.83. The molecular formula is C71H47NS. The Morgan fingerprint density at radius 3 is 1.51 bits per heavy atom. The number of nitrogens with zero attached hydrogens (tertiary/aromatic N) is 1. The molecule has 2 heteroatoms. The van der Waals surface area contributed by atoms with E-state index in [0.29, 0.717) is 0 Å². The summed E-state index contributed by atoms with van der Waals surface area (Å²) in [4.78, 5) is 2.53. The van der Waals surface area contributed by atoms with E-state index in [1.165, 1.54) is 97.7 Å². The molecule has 1 heterocycles. The SMILES string of the molecule is c1ccc(-c2cccc3cccc(-c4ccccc4N(c4cccc(-c5cccc6sc7ccccc7c56)c4)c4ccccc4-c4cccc5c4-c4ccccc4C5(c4ccccc4)c4ccccc4)c23)cc1. The molecule has 12 aromatic carbocycles. The Hall–Kier alpha value is -9.08. The van der Waals surface area contributed by atoms with Gasteiger partial charge in [-0.3, -0.25) is 0 Å². The molecule has 1 aliphatic rings. The highest BCUT2D eigenvalue weighted by Gasteiger charge is 2.47. The average Bonchev–Trinajstić information content (AvgIpc) is 4.01. The van der Waals surface area contributed by atoms with Gasteiger partial charge in [-0.1, -0.05) is 249 Å². The Balaban J connectivity index is 1.05. The van der Waals surface area contributed by atoms with E-state index in [2.05, 4.69) is 290 Å². The highest BCUT2D eigenvalue weighted by atomic mass is 32.1. The topological polar surface area (TPSA) is 3.24 Å². The first-order valence-electron chi connectivity index (χ1n) is 25.2. The first kappa shape index (κ1) is 42.8. The van der Waals surface area contributed by atoms with E-state index >= 15 is 0 Å². The molecule has 0 amide bonds. The molecule has 73 heavy (non-hydrogen) atoms. The average molecular weight is 946 g/mol. The van der Waals surface area contributed by atoms with Crippen molar-refractivity contribution in [2.24, 2.45) is 0 Å². The Morgan fingerprint density at radius 2 is 0.781 bits per heavy atom. The fourth-order valence-corrected chi connectivity index (χ4v) is 13.3. The van der Waals surface area contributed by atoms with Gasteiger partial charge in [0.1, 0.15) is 0 Å². The van der Waals surface area contributed by atoms with Crippen LogP contribution in [-0.2, 0) is 5.41 Å². The van der Waals surface area contributed by atoms with Crippen LogP contribution in [0.5, 0.6) is 0 Å². The normalized spacial score (nSPS) is 12.5. The lowest BCUT2D eigenvalue weighted by atomic mass is 9.67. The lowest BCUT2D eigenvalue weighted by molar-refractivity contribution is 0.768. The largest absolute Gasteiger partial charge is 0.309 e. The molecule has 1 aliphatic carbocycles. The maximum absolute atomic E-state index is 2.53. The van der Waals surface area contributed by atoms with Gasteiger partial charge in [0, 0.05) is 37.0 Å². The second-order valence-electron chi connectivity index (χ2n) is 19.0. The van der Waals surface area contributed by atoms with Crippen molar-refractivity contribution in [2.75, 3.05) is 4.90 Å². The highest BCUT2D eigenvalue weighted by molar-refractivity contribution is 7.25. The smallest absolute Gasteiger partial charge is 0.0713 e. The van der Waals surface area contributed by atoms with E-state index in [4.69, 9.17) is 0 Å². The minimum Gasteiger partial charge on any atom is -0.309 e. The van der Waals surface area contributed by atoms with Crippen LogP contribution in [0.1, 0.15) is 22.3 Å². The molecule has 0 saturated carbocycles. The van der Waals surface area contributed by atoms with Crippen LogP contribution in [0.25, 0.3) is 86.6 Å². The van der Waals surface area contributed by atoms with Crippen molar-refractivity contribution in [3.05, 3.63) is 307 Å². The summed E-state index contributed by atoms with van der Waals surface area (Å²) < 4.78 is 2.60. The molecule has 14 rings (SSSR count). The molecule has 1 nitrogen and oxygen atoms in total. The van der Waals surface area contributed by atoms with Gasteiger partial charge >= 0.3 is 0 Å². The minimum absolute atomic E-state index is 0.530. The van der Waals surface area contributed by atoms with Crippen LogP contribution < -0.4 is 4.90 Å². The molecule has 342 valence electrons. The van der Waals surface area contributed by atoms with Crippen LogP contribution in [0.3, 0.4) is 0 Å². The molecule has 0 saturated heterocycles. The van der Waals surface area contributed by atoms with Gasteiger partial charge in [-0.15, -0.1) is 11.3 Å². The van der Waals surface area contributed by atoms with Crippen molar-refractivity contribution in [2.45, 2.75) is 5.41 Å². The Kier molecular flexibility index (Phi) is 10.3. The molecule has 0 atom stereocenters. The lowest BCUT2D eigenvalue weighted by Gasteiger charge is -2.34. The van der Waals surface area contributed by atoms with Gasteiger partial charge in [-0.2, -0.15) is 0 Å². The maximum atomic E-state index is 2.53. The first-order chi connectivity index (χ1) is 36.3. The number of hydrogen-bond donors (Lipinski definition) is 0. The van der Waals surface area contributed by atoms with Crippen molar-refractivity contribution in [1.29, 1.82) is 0 Å². The van der Waals surface area contributed by atoms with Gasteiger partial charge < -0.3 is 4.90 Å². The summed E-state index contributed by atoms with van der Waals surface area (Å²) in [5.41, 5.74) is 19.8. The highest BCUT2D eigenvalue weighted by Crippen LogP contribution is 2.59. The zero-order valence-electron chi connectivity index (χ0n) is 40.0. The number of thiophene rings is 1. The summed E-state index contributed by atoms with van der Waals surface area (Å²) in [7, 11) is 0. The zero-order chi connectivity index (χ0) is 48.3. The number of rotatable bonds is 9. The van der Waals surface area contributed by atoms with Gasteiger partial charge in [0.25, 0.3) is 0 Å². The Bertz CT molecular complexity index is 4160. The Morgan fingerprint density at radius 1 is 0.301 bits per heavy atom. The predicted molar refractivity (Wildman–Crippen MR) is 311 cm³/mol. The first-order valence-corrected chi connectivity index (χ1v) is 26.0. The summed E-state index contributed by atoms with van der Waals surface area (Å²) in [6.45, 7) is 0. The summed E-state index contributed by atoms with van der Waals surface area (Å²) in [5.74, 6) is 0. The van der Waals surface area contributed by atoms with Gasteiger partial charge in [-0.05, 0) is 114 Å². The van der Waals surface area contributed by atoms with Gasteiger partial charge in [0.15, 0.2) is 0 Å². The second kappa shape index (κ2) is 17.6. The molecule has 0 spiro atoms. The number of benzene rings is 12. The van der Waals surface area contributed by atoms with Crippen molar-refractivity contribution in [3.8, 4) is 55.6 Å². The van der Waals surface area contributed by atoms with E-state index in [1.807, 2.05) is 11.3 Å². The van der Waals surface area contributed by atoms with Crippen molar-refractivity contribution in [1.82, 2.24) is 0 Å². The van der Waals surface area contributed by atoms with E-state index in [-0.39, 0.29) is 0 Å². The summed E-state index contributed by atoms with van der Waals surface area (Å²) >= 11 is 1.87. The van der Waals surface area contributed by atoms with E-state index in [1.54, 1.807) is 0 Å². The van der Waals surface area contributed by atoms with Crippen LogP contribution in [0.4, 0.5) is 17.1 Å². The number of anilines is 3. The summed E-state index contributed by atoms with van der Waals surface area (Å²) in [6, 6.07) is 106. The monoisotopic (exact) mass is 945 g/mol. The van der Waals surface area contributed by atoms with Gasteiger partial charge in [0.2, 0.25) is 0 Å². The molecule has 0 aliphatic heterocycles. The molecule has 0 unspecified atom stereocenters. The van der Waals surface area contributed by atoms with Gasteiger partial charge in [-0.25, -0.2) is 0 Å². The molecule has 13 aromatic rings. The molecular weight excluding hydrogens is 899 g/mol. The predicted octanol–water partition coefficient (Wildman–Crippen LogP) is 19.7. The maximum Gasteiger partial charge on any atom is 0.0713 e. The standard InChI is InChI=1S/C71H47NS/c1-4-23-48(24-5-1)54-37-19-25-49-26-20-39-58(68(49)54)56-33-11-15-43-64(56)72(53-32-18-27-50(47-53)55-38-22-46-67-70(55)61-36-13-17-45-66(61)73-67)65-44-16-12-34-57(65)59-40-21-42-63-69(59)60-35-10-14-41-62(60)71(63,51-28-6-2-7-29-51)52-30-8-3-9-31-52/h1-47H. The molecule has 0 radical (unpaired) electrons. The number of para-hydroxylation sites is 2. The zero-order valence-corrected chi connectivity index (χ0v) is 40.8. The molecule has 0 bridgehead atoms. The van der Waals surface area contributed by atoms with Crippen LogP contribution in [-0.4, -0.2) is 0 Å². The van der Waals surface area contributed by atoms with E-state index < -0.39 is 5.41 Å². The second-order valence-corrected chi connectivity index (χ2v) is 20.1. The molecule has 0 fully saturated rings. The quantitative estimate of drug-likeness (QED) is 0.139. The van der Waals surface area contributed by atoms with E-state index in [0.717, 1.165) is 28.2 Å². The van der Waals surface area contributed by atoms with Crippen LogP contribution in [0.2, 0.25) is 0 Å². The Labute approximate surface area is 430 Å². The van der Waals surface area contributed by atoms with Crippen LogP contribution >= 0.6 is 11.3 Å².